The molecule has 0 radical (unpaired) electrons. The van der Waals surface area contributed by atoms with Crippen molar-refractivity contribution in [3.8, 4) is 22.8 Å². The summed E-state index contributed by atoms with van der Waals surface area (Å²) in [7, 11) is 0. The zero-order chi connectivity index (χ0) is 22.1. The molecule has 0 atom stereocenters. The van der Waals surface area contributed by atoms with Gasteiger partial charge >= 0.3 is 6.03 Å². The number of aromatic nitrogens is 2. The molecule has 0 spiro atoms. The summed E-state index contributed by atoms with van der Waals surface area (Å²) in [6, 6.07) is 12.0. The first-order valence-corrected chi connectivity index (χ1v) is 10.1. The highest BCUT2D eigenvalue weighted by Crippen LogP contribution is 2.35. The number of piperazine rings is 1. The average molecular weight is 439 g/mol. The minimum atomic E-state index is -0.810. The molecular weight excluding hydrogens is 420 g/mol. The molecule has 0 bridgehead atoms. The molecule has 0 unspecified atom stereocenters. The molecule has 2 aliphatic heterocycles. The fourth-order valence-corrected chi connectivity index (χ4v) is 3.63. The van der Waals surface area contributed by atoms with Gasteiger partial charge < -0.3 is 24.6 Å². The van der Waals surface area contributed by atoms with E-state index in [2.05, 4.69) is 15.5 Å². The first-order chi connectivity index (χ1) is 15.6. The third-order valence-electron chi connectivity index (χ3n) is 5.38. The van der Waals surface area contributed by atoms with Gasteiger partial charge in [0.2, 0.25) is 6.79 Å². The molecule has 164 valence electrons. The summed E-state index contributed by atoms with van der Waals surface area (Å²) >= 11 is 0. The predicted octanol–water partition coefficient (Wildman–Crippen LogP) is 3.50. The second-order valence-electron chi connectivity index (χ2n) is 7.37. The minimum Gasteiger partial charge on any atom is -0.454 e. The number of urea groups is 1. The van der Waals surface area contributed by atoms with Gasteiger partial charge in [-0.05, 0) is 42.5 Å². The lowest BCUT2D eigenvalue weighted by Crippen LogP contribution is -2.50. The van der Waals surface area contributed by atoms with E-state index in [1.54, 1.807) is 4.90 Å². The second kappa shape index (κ2) is 8.29. The number of rotatable bonds is 3. The Labute approximate surface area is 182 Å². The quantitative estimate of drug-likeness (QED) is 0.673. The molecule has 32 heavy (non-hydrogen) atoms. The van der Waals surface area contributed by atoms with Crippen LogP contribution >= 0.6 is 0 Å². The zero-order valence-corrected chi connectivity index (χ0v) is 16.9. The number of nitrogens with zero attached hydrogens (tertiary/aromatic N) is 4. The van der Waals surface area contributed by atoms with Gasteiger partial charge in [0.1, 0.15) is 11.6 Å². The average Bonchev–Trinajstić information content (AvgIpc) is 3.29. The van der Waals surface area contributed by atoms with Crippen LogP contribution in [-0.2, 0) is 0 Å². The number of hydrogen-bond acceptors (Lipinski definition) is 6. The van der Waals surface area contributed by atoms with Crippen molar-refractivity contribution in [2.24, 2.45) is 0 Å². The van der Waals surface area contributed by atoms with Gasteiger partial charge in [-0.3, -0.25) is 0 Å². The number of ether oxygens (including phenoxy) is 2. The van der Waals surface area contributed by atoms with Crippen LogP contribution in [0.15, 0.2) is 48.5 Å². The van der Waals surface area contributed by atoms with Crippen LogP contribution in [0.5, 0.6) is 11.5 Å². The fourth-order valence-electron chi connectivity index (χ4n) is 3.63. The summed E-state index contributed by atoms with van der Waals surface area (Å²) in [5.74, 6) is 0.597. The number of fused-ring (bicyclic) bond motifs is 1. The summed E-state index contributed by atoms with van der Waals surface area (Å²) in [5, 5.41) is 11.1. The van der Waals surface area contributed by atoms with Crippen LogP contribution in [0.3, 0.4) is 0 Å². The van der Waals surface area contributed by atoms with Gasteiger partial charge in [-0.2, -0.15) is 0 Å². The van der Waals surface area contributed by atoms with E-state index in [1.165, 1.54) is 6.07 Å². The number of carbonyl (C=O) groups is 1. The van der Waals surface area contributed by atoms with E-state index in [1.807, 2.05) is 35.2 Å². The van der Waals surface area contributed by atoms with Crippen molar-refractivity contribution in [3.63, 3.8) is 0 Å². The van der Waals surface area contributed by atoms with Crippen LogP contribution in [0, 0.1) is 11.6 Å². The zero-order valence-electron chi connectivity index (χ0n) is 16.9. The van der Waals surface area contributed by atoms with E-state index >= 15 is 0 Å². The maximum Gasteiger partial charge on any atom is 0.322 e. The number of benzene rings is 2. The van der Waals surface area contributed by atoms with Gasteiger partial charge in [-0.1, -0.05) is 0 Å². The first-order valence-electron chi connectivity index (χ1n) is 10.1. The number of amides is 2. The standard InChI is InChI=1S/C22H19F2N5O3/c23-15-2-3-18(16(24)12-15)25-22(30)29-9-7-28(8-10-29)21-6-4-17(26-27-21)14-1-5-19-20(11-14)32-13-31-19/h1-6,11-12H,7-10,13H2,(H,25,30). The lowest BCUT2D eigenvalue weighted by molar-refractivity contribution is 0.174. The van der Waals surface area contributed by atoms with Crippen LogP contribution in [0.4, 0.5) is 25.1 Å². The molecule has 1 N–H and O–H groups in total. The van der Waals surface area contributed by atoms with Crippen LogP contribution in [0.2, 0.25) is 0 Å². The van der Waals surface area contributed by atoms with Crippen molar-refractivity contribution in [1.82, 2.24) is 15.1 Å². The molecule has 2 aliphatic rings. The van der Waals surface area contributed by atoms with Crippen LogP contribution in [0.25, 0.3) is 11.3 Å². The maximum absolute atomic E-state index is 13.8. The van der Waals surface area contributed by atoms with Gasteiger partial charge in [0.25, 0.3) is 0 Å². The van der Waals surface area contributed by atoms with E-state index in [9.17, 15) is 13.6 Å². The molecule has 2 aromatic carbocycles. The van der Waals surface area contributed by atoms with Crippen LogP contribution < -0.4 is 19.7 Å². The van der Waals surface area contributed by atoms with Gasteiger partial charge in [-0.15, -0.1) is 10.2 Å². The van der Waals surface area contributed by atoms with E-state index in [0.29, 0.717) is 49.2 Å². The van der Waals surface area contributed by atoms with Crippen LogP contribution in [0.1, 0.15) is 0 Å². The fraction of sp³-hybridized carbons (Fsp3) is 0.227. The molecule has 3 heterocycles. The summed E-state index contributed by atoms with van der Waals surface area (Å²) < 4.78 is 37.5. The Morgan fingerprint density at radius 1 is 0.906 bits per heavy atom. The molecule has 5 rings (SSSR count). The summed E-state index contributed by atoms with van der Waals surface area (Å²) in [4.78, 5) is 16.0. The van der Waals surface area contributed by atoms with Crippen molar-refractivity contribution < 1.29 is 23.0 Å². The lowest BCUT2D eigenvalue weighted by Gasteiger charge is -2.35. The lowest BCUT2D eigenvalue weighted by atomic mass is 10.1. The predicted molar refractivity (Wildman–Crippen MR) is 113 cm³/mol. The molecule has 1 fully saturated rings. The number of hydrogen-bond donors (Lipinski definition) is 1. The van der Waals surface area contributed by atoms with E-state index < -0.39 is 17.7 Å². The number of nitrogens with one attached hydrogen (secondary N) is 1. The monoisotopic (exact) mass is 439 g/mol. The van der Waals surface area contributed by atoms with E-state index in [-0.39, 0.29) is 12.5 Å². The molecule has 2 amide bonds. The number of carbonyl (C=O) groups excluding carboxylic acids is 1. The van der Waals surface area contributed by atoms with Crippen molar-refractivity contribution in [2.75, 3.05) is 43.2 Å². The third kappa shape index (κ3) is 3.98. The molecular formula is C22H19F2N5O3. The SMILES string of the molecule is O=C(Nc1ccc(F)cc1F)N1CCN(c2ccc(-c3ccc4c(c3)OCO4)nn2)CC1. The number of halogens is 2. The summed E-state index contributed by atoms with van der Waals surface area (Å²) in [6.07, 6.45) is 0. The van der Waals surface area contributed by atoms with E-state index in [0.717, 1.165) is 17.7 Å². The second-order valence-corrected chi connectivity index (χ2v) is 7.37. The van der Waals surface area contributed by atoms with Crippen molar-refractivity contribution in [2.45, 2.75) is 0 Å². The Hall–Kier alpha value is -3.95. The molecule has 8 nitrogen and oxygen atoms in total. The highest BCUT2D eigenvalue weighted by atomic mass is 19.1. The topological polar surface area (TPSA) is 79.8 Å². The van der Waals surface area contributed by atoms with Crippen molar-refractivity contribution in [1.29, 1.82) is 0 Å². The Bertz CT molecular complexity index is 1150. The Morgan fingerprint density at radius 3 is 2.47 bits per heavy atom. The first kappa shape index (κ1) is 20.0. The van der Waals surface area contributed by atoms with Crippen molar-refractivity contribution >= 4 is 17.5 Å². The molecule has 10 heteroatoms. The highest BCUT2D eigenvalue weighted by molar-refractivity contribution is 5.89. The Kier molecular flexibility index (Phi) is 5.18. The third-order valence-corrected chi connectivity index (χ3v) is 5.38. The number of anilines is 2. The molecule has 0 aliphatic carbocycles. The van der Waals surface area contributed by atoms with E-state index in [4.69, 9.17) is 9.47 Å². The normalized spacial score (nSPS) is 15.1. The molecule has 3 aromatic rings. The smallest absolute Gasteiger partial charge is 0.322 e. The van der Waals surface area contributed by atoms with Gasteiger partial charge in [0.15, 0.2) is 17.3 Å². The minimum absolute atomic E-state index is 0.0520. The van der Waals surface area contributed by atoms with Gasteiger partial charge in [0, 0.05) is 37.8 Å². The maximum atomic E-state index is 13.8. The van der Waals surface area contributed by atoms with Gasteiger partial charge in [-0.25, -0.2) is 13.6 Å². The summed E-state index contributed by atoms with van der Waals surface area (Å²) in [5.41, 5.74) is 1.54. The molecule has 0 saturated carbocycles. The Morgan fingerprint density at radius 2 is 1.72 bits per heavy atom. The van der Waals surface area contributed by atoms with Crippen LogP contribution in [-0.4, -0.2) is 54.1 Å². The molecule has 1 aromatic heterocycles. The Balaban J connectivity index is 1.19. The van der Waals surface area contributed by atoms with Gasteiger partial charge in [0.05, 0.1) is 11.4 Å². The van der Waals surface area contributed by atoms with Crippen molar-refractivity contribution in [3.05, 3.63) is 60.2 Å². The molecule has 1 saturated heterocycles. The summed E-state index contributed by atoms with van der Waals surface area (Å²) in [6.45, 7) is 2.18. The largest absolute Gasteiger partial charge is 0.454 e. The highest BCUT2D eigenvalue weighted by Gasteiger charge is 2.23.